The Morgan fingerprint density at radius 1 is 1.30 bits per heavy atom. The maximum atomic E-state index is 12.7. The molecule has 1 aromatic rings. The second-order valence-electron chi connectivity index (χ2n) is 6.44. The van der Waals surface area contributed by atoms with E-state index >= 15 is 0 Å². The molecule has 23 heavy (non-hydrogen) atoms. The first kappa shape index (κ1) is 17.7. The molecule has 0 aliphatic carbocycles. The van der Waals surface area contributed by atoms with Gasteiger partial charge in [-0.2, -0.15) is 0 Å². The van der Waals surface area contributed by atoms with Crippen molar-refractivity contribution in [2.24, 2.45) is 0 Å². The Balaban J connectivity index is 0.00000192. The van der Waals surface area contributed by atoms with Crippen LogP contribution >= 0.6 is 12.4 Å². The van der Waals surface area contributed by atoms with Gasteiger partial charge in [-0.3, -0.25) is 14.9 Å². The zero-order valence-electron chi connectivity index (χ0n) is 13.3. The third-order valence-electron chi connectivity index (χ3n) is 4.97. The van der Waals surface area contributed by atoms with Crippen molar-refractivity contribution in [2.45, 2.75) is 50.7 Å². The van der Waals surface area contributed by atoms with Crippen molar-refractivity contribution in [3.05, 3.63) is 39.4 Å². The van der Waals surface area contributed by atoms with E-state index in [1.54, 1.807) is 13.0 Å². The minimum Gasteiger partial charge on any atom is -0.339 e. The van der Waals surface area contributed by atoms with Crippen molar-refractivity contribution in [1.82, 2.24) is 10.2 Å². The molecule has 0 saturated carbocycles. The molecule has 126 valence electrons. The van der Waals surface area contributed by atoms with Gasteiger partial charge in [0, 0.05) is 42.9 Å². The fraction of sp³-hybridized carbons (Fsp3) is 0.562. The highest BCUT2D eigenvalue weighted by molar-refractivity contribution is 5.96. The highest BCUT2D eigenvalue weighted by atomic mass is 35.5. The number of amides is 1. The SMILES string of the molecule is Cc1cc([N+](=O)[O-])ccc1C(=O)N(C)C1CC2CCC(C1)N2.Cl. The van der Waals surface area contributed by atoms with Crippen molar-refractivity contribution in [1.29, 1.82) is 0 Å². The number of fused-ring (bicyclic) bond motifs is 2. The summed E-state index contributed by atoms with van der Waals surface area (Å²) >= 11 is 0. The molecule has 0 spiro atoms. The van der Waals surface area contributed by atoms with Crippen molar-refractivity contribution in [2.75, 3.05) is 7.05 Å². The topological polar surface area (TPSA) is 75.5 Å². The lowest BCUT2D eigenvalue weighted by molar-refractivity contribution is -0.384. The van der Waals surface area contributed by atoms with Crippen LogP contribution < -0.4 is 5.32 Å². The van der Waals surface area contributed by atoms with Gasteiger partial charge in [-0.05, 0) is 44.2 Å². The number of carbonyl (C=O) groups excluding carboxylic acids is 1. The molecular formula is C16H22ClN3O3. The van der Waals surface area contributed by atoms with Gasteiger partial charge in [0.1, 0.15) is 0 Å². The lowest BCUT2D eigenvalue weighted by atomic mass is 9.97. The summed E-state index contributed by atoms with van der Waals surface area (Å²) in [6.45, 7) is 1.75. The molecule has 0 radical (unpaired) electrons. The van der Waals surface area contributed by atoms with E-state index in [0.29, 0.717) is 23.2 Å². The predicted octanol–water partition coefficient (Wildman–Crippen LogP) is 2.68. The summed E-state index contributed by atoms with van der Waals surface area (Å²) in [7, 11) is 1.85. The van der Waals surface area contributed by atoms with Crippen LogP contribution in [0, 0.1) is 17.0 Å². The average Bonchev–Trinajstić information content (AvgIpc) is 2.84. The molecule has 2 atom stereocenters. The number of hydrogen-bond donors (Lipinski definition) is 1. The fourth-order valence-corrected chi connectivity index (χ4v) is 3.70. The van der Waals surface area contributed by atoms with Crippen LogP contribution in [0.2, 0.25) is 0 Å². The lowest BCUT2D eigenvalue weighted by Gasteiger charge is -2.35. The molecule has 1 N–H and O–H groups in total. The average molecular weight is 340 g/mol. The van der Waals surface area contributed by atoms with Crippen LogP contribution in [0.1, 0.15) is 41.6 Å². The summed E-state index contributed by atoms with van der Waals surface area (Å²) in [5.41, 5.74) is 1.23. The number of benzene rings is 1. The molecule has 0 aromatic heterocycles. The highest BCUT2D eigenvalue weighted by Crippen LogP contribution is 2.30. The molecular weight excluding hydrogens is 318 g/mol. The number of nitrogens with one attached hydrogen (secondary N) is 1. The Labute approximate surface area is 141 Å². The number of aryl methyl sites for hydroxylation is 1. The zero-order valence-corrected chi connectivity index (χ0v) is 14.1. The molecule has 1 amide bonds. The Kier molecular flexibility index (Phi) is 5.26. The van der Waals surface area contributed by atoms with Gasteiger partial charge in [0.15, 0.2) is 0 Å². The van der Waals surface area contributed by atoms with E-state index in [1.165, 1.54) is 25.0 Å². The van der Waals surface area contributed by atoms with E-state index < -0.39 is 4.92 Å². The number of rotatable bonds is 3. The lowest BCUT2D eigenvalue weighted by Crippen LogP contribution is -2.48. The minimum atomic E-state index is -0.435. The molecule has 6 nitrogen and oxygen atoms in total. The van der Waals surface area contributed by atoms with Gasteiger partial charge >= 0.3 is 0 Å². The van der Waals surface area contributed by atoms with Gasteiger partial charge in [-0.15, -0.1) is 12.4 Å². The Morgan fingerprint density at radius 3 is 2.43 bits per heavy atom. The van der Waals surface area contributed by atoms with Crippen molar-refractivity contribution in [3.8, 4) is 0 Å². The van der Waals surface area contributed by atoms with Crippen LogP contribution in [-0.4, -0.2) is 40.9 Å². The second-order valence-corrected chi connectivity index (χ2v) is 6.44. The van der Waals surface area contributed by atoms with Gasteiger partial charge in [-0.1, -0.05) is 0 Å². The van der Waals surface area contributed by atoms with Crippen LogP contribution in [0.15, 0.2) is 18.2 Å². The van der Waals surface area contributed by atoms with Crippen LogP contribution in [0.25, 0.3) is 0 Å². The van der Waals surface area contributed by atoms with Crippen LogP contribution in [0.4, 0.5) is 5.69 Å². The molecule has 2 unspecified atom stereocenters. The van der Waals surface area contributed by atoms with Gasteiger partial charge < -0.3 is 10.2 Å². The van der Waals surface area contributed by atoms with Crippen LogP contribution in [0.5, 0.6) is 0 Å². The van der Waals surface area contributed by atoms with Gasteiger partial charge in [0.25, 0.3) is 11.6 Å². The Morgan fingerprint density at radius 2 is 1.91 bits per heavy atom. The molecule has 7 heteroatoms. The summed E-state index contributed by atoms with van der Waals surface area (Å²) in [4.78, 5) is 24.9. The van der Waals surface area contributed by atoms with Gasteiger partial charge in [-0.25, -0.2) is 0 Å². The van der Waals surface area contributed by atoms with Crippen molar-refractivity contribution < 1.29 is 9.72 Å². The highest BCUT2D eigenvalue weighted by Gasteiger charge is 2.36. The van der Waals surface area contributed by atoms with E-state index in [1.807, 2.05) is 11.9 Å². The molecule has 2 heterocycles. The quantitative estimate of drug-likeness (QED) is 0.678. The third-order valence-corrected chi connectivity index (χ3v) is 4.97. The summed E-state index contributed by atoms with van der Waals surface area (Å²) < 4.78 is 0. The van der Waals surface area contributed by atoms with Crippen LogP contribution in [-0.2, 0) is 0 Å². The van der Waals surface area contributed by atoms with Crippen molar-refractivity contribution in [3.63, 3.8) is 0 Å². The number of carbonyl (C=O) groups is 1. The second kappa shape index (κ2) is 6.84. The molecule has 2 saturated heterocycles. The normalized spacial score (nSPS) is 25.6. The van der Waals surface area contributed by atoms with E-state index in [4.69, 9.17) is 0 Å². The summed E-state index contributed by atoms with van der Waals surface area (Å²) in [5, 5.41) is 14.4. The first-order valence-corrected chi connectivity index (χ1v) is 7.74. The maximum Gasteiger partial charge on any atom is 0.269 e. The predicted molar refractivity (Wildman–Crippen MR) is 90.1 cm³/mol. The molecule has 1 aromatic carbocycles. The van der Waals surface area contributed by atoms with E-state index in [0.717, 1.165) is 12.8 Å². The smallest absolute Gasteiger partial charge is 0.269 e. The number of nitro groups is 1. The number of nitro benzene ring substituents is 1. The molecule has 2 aliphatic rings. The largest absolute Gasteiger partial charge is 0.339 e. The molecule has 2 fully saturated rings. The summed E-state index contributed by atoms with van der Waals surface area (Å²) in [6, 6.07) is 5.74. The number of hydrogen-bond acceptors (Lipinski definition) is 4. The van der Waals surface area contributed by atoms with E-state index in [-0.39, 0.29) is 30.0 Å². The van der Waals surface area contributed by atoms with Gasteiger partial charge in [0.05, 0.1) is 4.92 Å². The maximum absolute atomic E-state index is 12.7. The molecule has 3 rings (SSSR count). The number of nitrogens with zero attached hydrogens (tertiary/aromatic N) is 2. The first-order valence-electron chi connectivity index (χ1n) is 7.74. The third kappa shape index (κ3) is 3.48. The van der Waals surface area contributed by atoms with Crippen LogP contribution in [0.3, 0.4) is 0 Å². The molecule has 2 bridgehead atoms. The van der Waals surface area contributed by atoms with Crippen molar-refractivity contribution >= 4 is 24.0 Å². The van der Waals surface area contributed by atoms with E-state index in [2.05, 4.69) is 5.32 Å². The monoisotopic (exact) mass is 339 g/mol. The minimum absolute atomic E-state index is 0. The Hall–Kier alpha value is -1.66. The summed E-state index contributed by atoms with van der Waals surface area (Å²) in [6.07, 6.45) is 4.37. The number of piperidine rings is 1. The first-order chi connectivity index (χ1) is 10.5. The zero-order chi connectivity index (χ0) is 15.9. The number of non-ortho nitro benzene ring substituents is 1. The standard InChI is InChI=1S/C16H21N3O3.ClH/c1-10-7-13(19(21)22)5-6-15(10)16(20)18(2)14-8-11-3-4-12(9-14)17-11;/h5-7,11-12,14,17H,3-4,8-9H2,1-2H3;1H. The summed E-state index contributed by atoms with van der Waals surface area (Å²) in [5.74, 6) is -0.0429. The van der Waals surface area contributed by atoms with Gasteiger partial charge in [0.2, 0.25) is 0 Å². The molecule has 2 aliphatic heterocycles. The number of halogens is 1. The fourth-order valence-electron chi connectivity index (χ4n) is 3.70. The Bertz CT molecular complexity index is 611. The van der Waals surface area contributed by atoms with E-state index in [9.17, 15) is 14.9 Å².